The van der Waals surface area contributed by atoms with E-state index in [2.05, 4.69) is 25.3 Å². The molecule has 0 aliphatic carbocycles. The first-order chi connectivity index (χ1) is 16.5. The summed E-state index contributed by atoms with van der Waals surface area (Å²) in [6, 6.07) is 9.62. The van der Waals surface area contributed by atoms with Crippen molar-refractivity contribution in [1.82, 2.24) is 25.3 Å². The average molecular weight is 459 g/mol. The van der Waals surface area contributed by atoms with Gasteiger partial charge in [0.25, 0.3) is 17.7 Å². The Hall–Kier alpha value is -4.40. The van der Waals surface area contributed by atoms with E-state index in [1.54, 1.807) is 36.8 Å². The summed E-state index contributed by atoms with van der Waals surface area (Å²) >= 11 is 0. The Labute approximate surface area is 195 Å². The fourth-order valence-electron chi connectivity index (χ4n) is 3.40. The van der Waals surface area contributed by atoms with Gasteiger partial charge < -0.3 is 14.8 Å². The standard InChI is InChI=1S/C25H22FN5O3/c1-15-7-17(11-27-10-15)22-9-20(21(14-28-22)16-5-4-6-18(26)8-16)23(32)29-12-19-13-30-24(33-2)25(31-19)34-3/h4-11,13-14H,12H2,1-3H3,(H,29,32). The van der Waals surface area contributed by atoms with Crippen molar-refractivity contribution in [3.63, 3.8) is 0 Å². The van der Waals surface area contributed by atoms with Gasteiger partial charge in [0.1, 0.15) is 5.82 Å². The van der Waals surface area contributed by atoms with Gasteiger partial charge in [-0.25, -0.2) is 14.4 Å². The Morgan fingerprint density at radius 2 is 1.79 bits per heavy atom. The van der Waals surface area contributed by atoms with E-state index in [1.165, 1.54) is 32.5 Å². The molecule has 0 spiro atoms. The van der Waals surface area contributed by atoms with E-state index < -0.39 is 5.82 Å². The van der Waals surface area contributed by atoms with E-state index in [0.29, 0.717) is 28.1 Å². The maximum Gasteiger partial charge on any atom is 0.278 e. The van der Waals surface area contributed by atoms with Gasteiger partial charge in [-0.15, -0.1) is 0 Å². The molecule has 4 rings (SSSR count). The van der Waals surface area contributed by atoms with Crippen molar-refractivity contribution in [2.24, 2.45) is 0 Å². The van der Waals surface area contributed by atoms with E-state index >= 15 is 0 Å². The second kappa shape index (κ2) is 10.0. The van der Waals surface area contributed by atoms with Crippen LogP contribution in [0.1, 0.15) is 21.6 Å². The number of rotatable bonds is 7. The quantitative estimate of drug-likeness (QED) is 0.446. The lowest BCUT2D eigenvalue weighted by Gasteiger charge is -2.13. The number of hydrogen-bond acceptors (Lipinski definition) is 7. The molecule has 0 atom stereocenters. The van der Waals surface area contributed by atoms with Crippen LogP contribution < -0.4 is 14.8 Å². The van der Waals surface area contributed by atoms with Crippen molar-refractivity contribution >= 4 is 5.91 Å². The molecule has 0 fully saturated rings. The number of methoxy groups -OCH3 is 2. The van der Waals surface area contributed by atoms with Crippen molar-refractivity contribution in [2.75, 3.05) is 14.2 Å². The van der Waals surface area contributed by atoms with Gasteiger partial charge in [-0.1, -0.05) is 12.1 Å². The lowest BCUT2D eigenvalue weighted by molar-refractivity contribution is 0.0951. The number of hydrogen-bond donors (Lipinski definition) is 1. The Bertz CT molecular complexity index is 1350. The number of carbonyl (C=O) groups is 1. The molecule has 1 amide bonds. The highest BCUT2D eigenvalue weighted by molar-refractivity contribution is 6.01. The first-order valence-electron chi connectivity index (χ1n) is 10.4. The molecule has 172 valence electrons. The van der Waals surface area contributed by atoms with Gasteiger partial charge in [0.15, 0.2) is 0 Å². The smallest absolute Gasteiger partial charge is 0.278 e. The monoisotopic (exact) mass is 459 g/mol. The molecule has 0 aliphatic rings. The van der Waals surface area contributed by atoms with Crippen LogP contribution >= 0.6 is 0 Å². The number of nitrogens with one attached hydrogen (secondary N) is 1. The van der Waals surface area contributed by atoms with Gasteiger partial charge >= 0.3 is 0 Å². The fourth-order valence-corrected chi connectivity index (χ4v) is 3.40. The molecule has 3 heterocycles. The molecular formula is C25H22FN5O3. The van der Waals surface area contributed by atoms with E-state index in [0.717, 1.165) is 11.1 Å². The average Bonchev–Trinajstić information content (AvgIpc) is 2.86. The summed E-state index contributed by atoms with van der Waals surface area (Å²) in [5, 5.41) is 2.84. The third-order valence-electron chi connectivity index (χ3n) is 5.03. The summed E-state index contributed by atoms with van der Waals surface area (Å²) in [5.74, 6) is -0.319. The van der Waals surface area contributed by atoms with E-state index in [9.17, 15) is 9.18 Å². The summed E-state index contributed by atoms with van der Waals surface area (Å²) in [5.41, 5.74) is 4.17. The minimum absolute atomic E-state index is 0.0957. The fraction of sp³-hybridized carbons (Fsp3) is 0.160. The highest BCUT2D eigenvalue weighted by Crippen LogP contribution is 2.28. The highest BCUT2D eigenvalue weighted by Gasteiger charge is 2.17. The normalized spacial score (nSPS) is 10.6. The van der Waals surface area contributed by atoms with Crippen molar-refractivity contribution < 1.29 is 18.7 Å². The number of aryl methyl sites for hydroxylation is 1. The number of nitrogens with zero attached hydrogens (tertiary/aromatic N) is 4. The Morgan fingerprint density at radius 1 is 0.971 bits per heavy atom. The summed E-state index contributed by atoms with van der Waals surface area (Å²) in [6.07, 6.45) is 6.48. The van der Waals surface area contributed by atoms with Gasteiger partial charge in [0.05, 0.1) is 43.9 Å². The predicted octanol–water partition coefficient (Wildman–Crippen LogP) is 4.00. The molecule has 34 heavy (non-hydrogen) atoms. The lowest BCUT2D eigenvalue weighted by Crippen LogP contribution is -2.24. The topological polar surface area (TPSA) is 99.1 Å². The maximum absolute atomic E-state index is 13.9. The molecule has 4 aromatic rings. The minimum atomic E-state index is -0.406. The van der Waals surface area contributed by atoms with E-state index in [1.807, 2.05) is 13.0 Å². The number of halogens is 1. The summed E-state index contributed by atoms with van der Waals surface area (Å²) in [4.78, 5) is 30.4. The van der Waals surface area contributed by atoms with Crippen LogP contribution in [-0.2, 0) is 6.54 Å². The number of ether oxygens (including phenoxy) is 2. The van der Waals surface area contributed by atoms with Crippen LogP contribution in [0.5, 0.6) is 11.8 Å². The van der Waals surface area contributed by atoms with Crippen molar-refractivity contribution in [2.45, 2.75) is 13.5 Å². The first kappa shape index (κ1) is 22.8. The van der Waals surface area contributed by atoms with Gasteiger partial charge in [-0.2, -0.15) is 0 Å². The van der Waals surface area contributed by atoms with E-state index in [4.69, 9.17) is 9.47 Å². The zero-order valence-electron chi connectivity index (χ0n) is 18.9. The first-order valence-corrected chi connectivity index (χ1v) is 10.4. The van der Waals surface area contributed by atoms with Gasteiger partial charge in [0, 0.05) is 29.7 Å². The molecule has 1 aromatic carbocycles. The molecule has 0 saturated carbocycles. The molecule has 0 bridgehead atoms. The summed E-state index contributed by atoms with van der Waals surface area (Å²) in [6.45, 7) is 2.02. The Kier molecular flexibility index (Phi) is 6.72. The van der Waals surface area contributed by atoms with Crippen LogP contribution in [-0.4, -0.2) is 40.1 Å². The number of amides is 1. The Morgan fingerprint density at radius 3 is 2.53 bits per heavy atom. The van der Waals surface area contributed by atoms with Crippen LogP contribution in [0, 0.1) is 12.7 Å². The second-order valence-corrected chi connectivity index (χ2v) is 7.44. The van der Waals surface area contributed by atoms with Gasteiger partial charge in [-0.05, 0) is 42.3 Å². The third kappa shape index (κ3) is 4.98. The lowest BCUT2D eigenvalue weighted by atomic mass is 9.99. The van der Waals surface area contributed by atoms with E-state index in [-0.39, 0.29) is 24.2 Å². The van der Waals surface area contributed by atoms with Crippen LogP contribution in [0.4, 0.5) is 4.39 Å². The van der Waals surface area contributed by atoms with Gasteiger partial charge in [0.2, 0.25) is 0 Å². The van der Waals surface area contributed by atoms with Crippen LogP contribution in [0.2, 0.25) is 0 Å². The third-order valence-corrected chi connectivity index (χ3v) is 5.03. The number of benzene rings is 1. The summed E-state index contributed by atoms with van der Waals surface area (Å²) < 4.78 is 24.2. The highest BCUT2D eigenvalue weighted by atomic mass is 19.1. The SMILES string of the molecule is COc1ncc(CNC(=O)c2cc(-c3cncc(C)c3)ncc2-c2cccc(F)c2)nc1OC. The largest absolute Gasteiger partial charge is 0.477 e. The predicted molar refractivity (Wildman–Crippen MR) is 124 cm³/mol. The minimum Gasteiger partial charge on any atom is -0.477 e. The van der Waals surface area contributed by atoms with Crippen molar-refractivity contribution in [3.8, 4) is 34.1 Å². The molecule has 0 radical (unpaired) electrons. The van der Waals surface area contributed by atoms with Crippen LogP contribution in [0.3, 0.4) is 0 Å². The van der Waals surface area contributed by atoms with Crippen LogP contribution in [0.15, 0.2) is 61.2 Å². The molecule has 0 unspecified atom stereocenters. The van der Waals surface area contributed by atoms with Crippen molar-refractivity contribution in [3.05, 3.63) is 83.8 Å². The summed E-state index contributed by atoms with van der Waals surface area (Å²) in [7, 11) is 2.92. The zero-order chi connectivity index (χ0) is 24.1. The van der Waals surface area contributed by atoms with Crippen LogP contribution in [0.25, 0.3) is 22.4 Å². The number of pyridine rings is 2. The Balaban J connectivity index is 1.68. The van der Waals surface area contributed by atoms with Gasteiger partial charge in [-0.3, -0.25) is 14.8 Å². The maximum atomic E-state index is 13.9. The molecule has 1 N–H and O–H groups in total. The molecule has 9 heteroatoms. The molecular weight excluding hydrogens is 437 g/mol. The molecule has 0 saturated heterocycles. The molecule has 0 aliphatic heterocycles. The molecule has 3 aromatic heterocycles. The number of carbonyl (C=O) groups excluding carboxylic acids is 1. The second-order valence-electron chi connectivity index (χ2n) is 7.44. The number of aromatic nitrogens is 4. The zero-order valence-corrected chi connectivity index (χ0v) is 18.9. The van der Waals surface area contributed by atoms with Crippen molar-refractivity contribution in [1.29, 1.82) is 0 Å². The molecule has 8 nitrogen and oxygen atoms in total.